The van der Waals surface area contributed by atoms with Crippen LogP contribution in [-0.4, -0.2) is 36.0 Å². The van der Waals surface area contributed by atoms with E-state index in [9.17, 15) is 14.4 Å². The van der Waals surface area contributed by atoms with Gasteiger partial charge in [-0.2, -0.15) is 0 Å². The van der Waals surface area contributed by atoms with Crippen molar-refractivity contribution in [1.29, 1.82) is 0 Å². The summed E-state index contributed by atoms with van der Waals surface area (Å²) in [7, 11) is 0. The van der Waals surface area contributed by atoms with Gasteiger partial charge in [0.1, 0.15) is 12.3 Å². The minimum Gasteiger partial charge on any atom is -0.494 e. The molecule has 2 N–H and O–H groups in total. The van der Waals surface area contributed by atoms with Gasteiger partial charge in [-0.1, -0.05) is 18.2 Å². The SMILES string of the molecule is O=C(O)CN(C(=O)CCCOc1ccc2c(c1)CCC(=O)N2)c1ccccc1. The first kappa shape index (κ1) is 19.4. The summed E-state index contributed by atoms with van der Waals surface area (Å²) in [5.74, 6) is -0.614. The van der Waals surface area contributed by atoms with E-state index in [0.717, 1.165) is 11.3 Å². The summed E-state index contributed by atoms with van der Waals surface area (Å²) < 4.78 is 5.72. The standard InChI is InChI=1S/C21H22N2O5/c24-19-11-8-15-13-17(9-10-18(15)22-19)28-12-4-7-20(25)23(14-21(26)27)16-5-2-1-3-6-16/h1-3,5-6,9-10,13H,4,7-8,11-12,14H2,(H,22,24)(H,26,27). The lowest BCUT2D eigenvalue weighted by atomic mass is 10.0. The molecule has 0 radical (unpaired) electrons. The highest BCUT2D eigenvalue weighted by Crippen LogP contribution is 2.27. The molecule has 1 aliphatic rings. The fraction of sp³-hybridized carbons (Fsp3) is 0.286. The number of hydrogen-bond acceptors (Lipinski definition) is 4. The van der Waals surface area contributed by atoms with Gasteiger partial charge in [0.2, 0.25) is 11.8 Å². The largest absolute Gasteiger partial charge is 0.494 e. The van der Waals surface area contributed by atoms with Crippen molar-refractivity contribution in [2.24, 2.45) is 0 Å². The summed E-state index contributed by atoms with van der Waals surface area (Å²) in [6, 6.07) is 14.3. The second-order valence-electron chi connectivity index (χ2n) is 6.53. The van der Waals surface area contributed by atoms with E-state index in [1.807, 2.05) is 18.2 Å². The Balaban J connectivity index is 1.52. The number of rotatable bonds is 8. The average Bonchev–Trinajstić information content (AvgIpc) is 2.69. The molecule has 0 saturated heterocycles. The van der Waals surface area contributed by atoms with E-state index in [0.29, 0.717) is 37.3 Å². The molecule has 1 heterocycles. The molecule has 0 unspecified atom stereocenters. The monoisotopic (exact) mass is 382 g/mol. The molecule has 0 atom stereocenters. The van der Waals surface area contributed by atoms with E-state index < -0.39 is 5.97 Å². The van der Waals surface area contributed by atoms with Crippen molar-refractivity contribution in [3.8, 4) is 5.75 Å². The van der Waals surface area contributed by atoms with Gasteiger partial charge in [-0.15, -0.1) is 0 Å². The van der Waals surface area contributed by atoms with Gasteiger partial charge in [0, 0.05) is 24.2 Å². The molecule has 3 rings (SSSR count). The van der Waals surface area contributed by atoms with Crippen LogP contribution in [-0.2, 0) is 20.8 Å². The van der Waals surface area contributed by atoms with E-state index in [1.54, 1.807) is 30.3 Å². The van der Waals surface area contributed by atoms with Crippen molar-refractivity contribution in [3.05, 3.63) is 54.1 Å². The number of para-hydroxylation sites is 1. The van der Waals surface area contributed by atoms with E-state index in [2.05, 4.69) is 5.32 Å². The van der Waals surface area contributed by atoms with E-state index in [1.165, 1.54) is 4.90 Å². The molecule has 2 aromatic rings. The van der Waals surface area contributed by atoms with Crippen molar-refractivity contribution < 1.29 is 24.2 Å². The highest BCUT2D eigenvalue weighted by Gasteiger charge is 2.18. The number of nitrogens with zero attached hydrogens (tertiary/aromatic N) is 1. The number of carbonyl (C=O) groups is 3. The van der Waals surface area contributed by atoms with Crippen LogP contribution in [0, 0.1) is 0 Å². The zero-order valence-electron chi connectivity index (χ0n) is 15.4. The lowest BCUT2D eigenvalue weighted by Gasteiger charge is -2.21. The zero-order valence-corrected chi connectivity index (χ0v) is 15.4. The number of carboxylic acids is 1. The van der Waals surface area contributed by atoms with E-state index >= 15 is 0 Å². The predicted molar refractivity (Wildman–Crippen MR) is 105 cm³/mol. The number of aryl methyl sites for hydroxylation is 1. The molecule has 0 fully saturated rings. The number of carboxylic acid groups (broad SMARTS) is 1. The highest BCUT2D eigenvalue weighted by molar-refractivity contribution is 5.97. The first-order chi connectivity index (χ1) is 13.5. The Labute approximate surface area is 162 Å². The second-order valence-corrected chi connectivity index (χ2v) is 6.53. The summed E-state index contributed by atoms with van der Waals surface area (Å²) in [5.41, 5.74) is 2.41. The molecule has 0 spiro atoms. The first-order valence-corrected chi connectivity index (χ1v) is 9.16. The zero-order chi connectivity index (χ0) is 19.9. The number of carbonyl (C=O) groups excluding carboxylic acids is 2. The van der Waals surface area contributed by atoms with Crippen LogP contribution in [0.25, 0.3) is 0 Å². The second kappa shape index (κ2) is 9.03. The Morgan fingerprint density at radius 3 is 2.64 bits per heavy atom. The molecule has 0 bridgehead atoms. The van der Waals surface area contributed by atoms with Gasteiger partial charge in [-0.25, -0.2) is 0 Å². The maximum Gasteiger partial charge on any atom is 0.323 e. The summed E-state index contributed by atoms with van der Waals surface area (Å²) in [5, 5.41) is 11.9. The lowest BCUT2D eigenvalue weighted by molar-refractivity contribution is -0.136. The summed E-state index contributed by atoms with van der Waals surface area (Å²) in [6.45, 7) is -0.0349. The molecule has 2 aromatic carbocycles. The number of benzene rings is 2. The molecular formula is C21H22N2O5. The predicted octanol–water partition coefficient (Wildman–Crippen LogP) is 2.85. The van der Waals surface area contributed by atoms with Gasteiger partial charge in [0.15, 0.2) is 0 Å². The maximum absolute atomic E-state index is 12.5. The molecule has 0 aromatic heterocycles. The number of aliphatic carboxylic acids is 1. The Morgan fingerprint density at radius 1 is 1.11 bits per heavy atom. The van der Waals surface area contributed by atoms with Crippen molar-refractivity contribution in [2.45, 2.75) is 25.7 Å². The first-order valence-electron chi connectivity index (χ1n) is 9.16. The van der Waals surface area contributed by atoms with E-state index in [4.69, 9.17) is 9.84 Å². The van der Waals surface area contributed by atoms with Gasteiger partial charge in [-0.3, -0.25) is 14.4 Å². The minimum absolute atomic E-state index is 0.0176. The molecule has 2 amide bonds. The Kier molecular flexibility index (Phi) is 6.26. The fourth-order valence-corrected chi connectivity index (χ4v) is 3.06. The van der Waals surface area contributed by atoms with Gasteiger partial charge in [-0.05, 0) is 48.7 Å². The molecule has 0 saturated carbocycles. The van der Waals surface area contributed by atoms with Crippen LogP contribution in [0.5, 0.6) is 5.75 Å². The molecule has 7 nitrogen and oxygen atoms in total. The van der Waals surface area contributed by atoms with Crippen LogP contribution >= 0.6 is 0 Å². The van der Waals surface area contributed by atoms with Crippen molar-refractivity contribution >= 4 is 29.2 Å². The van der Waals surface area contributed by atoms with E-state index in [-0.39, 0.29) is 24.8 Å². The fourth-order valence-electron chi connectivity index (χ4n) is 3.06. The van der Waals surface area contributed by atoms with Crippen LogP contribution in [0.15, 0.2) is 48.5 Å². The van der Waals surface area contributed by atoms with Crippen LogP contribution < -0.4 is 15.0 Å². The summed E-state index contributed by atoms with van der Waals surface area (Å²) in [6.07, 6.45) is 1.79. The van der Waals surface area contributed by atoms with Crippen molar-refractivity contribution in [1.82, 2.24) is 0 Å². The third-order valence-corrected chi connectivity index (χ3v) is 4.44. The van der Waals surface area contributed by atoms with Gasteiger partial charge in [0.25, 0.3) is 0 Å². The average molecular weight is 382 g/mol. The van der Waals surface area contributed by atoms with Crippen molar-refractivity contribution in [3.63, 3.8) is 0 Å². The Hall–Kier alpha value is -3.35. The molecule has 28 heavy (non-hydrogen) atoms. The number of nitrogens with one attached hydrogen (secondary N) is 1. The van der Waals surface area contributed by atoms with Gasteiger partial charge < -0.3 is 20.1 Å². The topological polar surface area (TPSA) is 95.9 Å². The maximum atomic E-state index is 12.5. The molecule has 1 aliphatic heterocycles. The van der Waals surface area contributed by atoms with Crippen LogP contribution in [0.2, 0.25) is 0 Å². The molecular weight excluding hydrogens is 360 g/mol. The third-order valence-electron chi connectivity index (χ3n) is 4.44. The Morgan fingerprint density at radius 2 is 1.89 bits per heavy atom. The van der Waals surface area contributed by atoms with Gasteiger partial charge >= 0.3 is 5.97 Å². The molecule has 146 valence electrons. The third kappa shape index (κ3) is 5.09. The van der Waals surface area contributed by atoms with Crippen molar-refractivity contribution in [2.75, 3.05) is 23.4 Å². The molecule has 0 aliphatic carbocycles. The summed E-state index contributed by atoms with van der Waals surface area (Å²) in [4.78, 5) is 36.2. The lowest BCUT2D eigenvalue weighted by Crippen LogP contribution is -2.35. The number of fused-ring (bicyclic) bond motifs is 1. The van der Waals surface area contributed by atoms with Crippen LogP contribution in [0.1, 0.15) is 24.8 Å². The number of anilines is 2. The minimum atomic E-state index is -1.06. The normalized spacial score (nSPS) is 12.6. The van der Waals surface area contributed by atoms with Gasteiger partial charge in [0.05, 0.1) is 6.61 Å². The molecule has 7 heteroatoms. The Bertz CT molecular complexity index is 866. The smallest absolute Gasteiger partial charge is 0.323 e. The number of ether oxygens (including phenoxy) is 1. The summed E-state index contributed by atoms with van der Waals surface area (Å²) >= 11 is 0. The van der Waals surface area contributed by atoms with Crippen LogP contribution in [0.3, 0.4) is 0 Å². The highest BCUT2D eigenvalue weighted by atomic mass is 16.5. The number of hydrogen-bond donors (Lipinski definition) is 2. The number of amides is 2. The van der Waals surface area contributed by atoms with Crippen LogP contribution in [0.4, 0.5) is 11.4 Å². The quantitative estimate of drug-likeness (QED) is 0.685.